The monoisotopic (exact) mass is 315 g/mol. The Morgan fingerprint density at radius 3 is 2.09 bits per heavy atom. The summed E-state index contributed by atoms with van der Waals surface area (Å²) in [5.74, 6) is -0.921. The van der Waals surface area contributed by atoms with Gasteiger partial charge in [0.05, 0.1) is 6.42 Å². The molecule has 0 aromatic rings. The summed E-state index contributed by atoms with van der Waals surface area (Å²) >= 11 is 0. The molecular weight excluding hydrogens is 286 g/mol. The van der Waals surface area contributed by atoms with Gasteiger partial charge in [-0.05, 0) is 13.3 Å². The first-order valence-electron chi connectivity index (χ1n) is 7.79. The van der Waals surface area contributed by atoms with Crippen molar-refractivity contribution in [3.8, 4) is 0 Å². The second kappa shape index (κ2) is 8.86. The van der Waals surface area contributed by atoms with Crippen molar-refractivity contribution in [2.45, 2.75) is 78.9 Å². The number of carbonyl (C=O) groups is 2. The van der Waals surface area contributed by atoms with Gasteiger partial charge in [0.25, 0.3) is 0 Å². The van der Waals surface area contributed by atoms with Gasteiger partial charge in [-0.2, -0.15) is 4.91 Å². The quantitative estimate of drug-likeness (QED) is 0.479. The molecule has 2 unspecified atom stereocenters. The molecule has 22 heavy (non-hydrogen) atoms. The fourth-order valence-corrected chi connectivity index (χ4v) is 1.96. The molecule has 0 radical (unpaired) electrons. The van der Waals surface area contributed by atoms with Crippen molar-refractivity contribution in [1.29, 1.82) is 0 Å². The molecule has 0 aliphatic rings. The van der Waals surface area contributed by atoms with Gasteiger partial charge in [0.2, 0.25) is 0 Å². The van der Waals surface area contributed by atoms with E-state index >= 15 is 0 Å². The van der Waals surface area contributed by atoms with Gasteiger partial charge in [-0.3, -0.25) is 9.59 Å². The highest BCUT2D eigenvalue weighted by molar-refractivity contribution is 5.71. The van der Waals surface area contributed by atoms with Crippen molar-refractivity contribution in [1.82, 2.24) is 0 Å². The first-order valence-corrected chi connectivity index (χ1v) is 7.79. The molecule has 0 heterocycles. The van der Waals surface area contributed by atoms with Gasteiger partial charge in [0.1, 0.15) is 18.2 Å². The predicted molar refractivity (Wildman–Crippen MR) is 84.3 cm³/mol. The van der Waals surface area contributed by atoms with Crippen LogP contribution in [0.15, 0.2) is 5.18 Å². The van der Waals surface area contributed by atoms with Crippen LogP contribution < -0.4 is 0 Å². The molecule has 0 spiro atoms. The van der Waals surface area contributed by atoms with Crippen LogP contribution in [-0.4, -0.2) is 30.2 Å². The molecule has 0 bridgehead atoms. The third-order valence-electron chi connectivity index (χ3n) is 3.93. The average molecular weight is 315 g/mol. The molecule has 0 N–H and O–H groups in total. The highest BCUT2D eigenvalue weighted by Crippen LogP contribution is 2.37. The number of ether oxygens (including phenoxy) is 2. The lowest BCUT2D eigenvalue weighted by atomic mass is 9.75. The molecule has 0 rings (SSSR count). The molecule has 0 saturated carbocycles. The fraction of sp³-hybridized carbons (Fsp3) is 0.875. The van der Waals surface area contributed by atoms with Crippen LogP contribution in [0.4, 0.5) is 0 Å². The van der Waals surface area contributed by atoms with Crippen LogP contribution in [0.25, 0.3) is 0 Å². The maximum atomic E-state index is 12.1. The second-order valence-electron chi connectivity index (χ2n) is 6.70. The SMILES string of the molecule is CCCC(C)(OC(=O)CC(COC(=O)CC)N=O)C(C)(C)C. The summed E-state index contributed by atoms with van der Waals surface area (Å²) in [6, 6.07) is -0.908. The maximum absolute atomic E-state index is 12.1. The summed E-state index contributed by atoms with van der Waals surface area (Å²) in [7, 11) is 0. The summed E-state index contributed by atoms with van der Waals surface area (Å²) in [6.07, 6.45) is 1.64. The average Bonchev–Trinajstić information content (AvgIpc) is 2.41. The van der Waals surface area contributed by atoms with Crippen molar-refractivity contribution < 1.29 is 19.1 Å². The molecule has 0 aromatic heterocycles. The molecule has 128 valence electrons. The molecule has 0 aliphatic carbocycles. The zero-order valence-electron chi connectivity index (χ0n) is 14.6. The smallest absolute Gasteiger partial charge is 0.308 e. The van der Waals surface area contributed by atoms with Crippen LogP contribution in [-0.2, 0) is 19.1 Å². The lowest BCUT2D eigenvalue weighted by molar-refractivity contribution is -0.172. The van der Waals surface area contributed by atoms with Crippen molar-refractivity contribution in [3.05, 3.63) is 4.91 Å². The van der Waals surface area contributed by atoms with Gasteiger partial charge in [-0.15, -0.1) is 0 Å². The lowest BCUT2D eigenvalue weighted by Gasteiger charge is -2.41. The van der Waals surface area contributed by atoms with Gasteiger partial charge < -0.3 is 9.47 Å². The van der Waals surface area contributed by atoms with E-state index in [9.17, 15) is 14.5 Å². The molecule has 0 aliphatic heterocycles. The Morgan fingerprint density at radius 1 is 1.09 bits per heavy atom. The van der Waals surface area contributed by atoms with E-state index in [0.717, 1.165) is 12.8 Å². The second-order valence-corrected chi connectivity index (χ2v) is 6.70. The van der Waals surface area contributed by atoms with Crippen LogP contribution in [0, 0.1) is 10.3 Å². The van der Waals surface area contributed by atoms with Gasteiger partial charge in [-0.25, -0.2) is 0 Å². The van der Waals surface area contributed by atoms with E-state index in [4.69, 9.17) is 9.47 Å². The van der Waals surface area contributed by atoms with Gasteiger partial charge in [0.15, 0.2) is 0 Å². The lowest BCUT2D eigenvalue weighted by Crippen LogP contribution is -2.44. The molecule has 0 amide bonds. The Hall–Kier alpha value is -1.46. The van der Waals surface area contributed by atoms with Crippen LogP contribution in [0.1, 0.15) is 67.2 Å². The number of hydrogen-bond acceptors (Lipinski definition) is 6. The minimum Gasteiger partial charge on any atom is -0.463 e. The van der Waals surface area contributed by atoms with Crippen molar-refractivity contribution in [2.24, 2.45) is 10.6 Å². The molecule has 0 aromatic carbocycles. The molecule has 2 atom stereocenters. The zero-order valence-corrected chi connectivity index (χ0v) is 14.6. The first-order chi connectivity index (χ1) is 10.1. The number of nitroso groups, excluding NO2 is 1. The molecule has 0 saturated heterocycles. The van der Waals surface area contributed by atoms with Crippen LogP contribution >= 0.6 is 0 Å². The van der Waals surface area contributed by atoms with Gasteiger partial charge in [-0.1, -0.05) is 46.2 Å². The summed E-state index contributed by atoms with van der Waals surface area (Å²) in [6.45, 7) is 11.4. The molecule has 0 fully saturated rings. The van der Waals surface area contributed by atoms with Crippen molar-refractivity contribution in [3.63, 3.8) is 0 Å². The number of rotatable bonds is 9. The Bertz CT molecular complexity index is 388. The molecule has 6 heteroatoms. The van der Waals surface area contributed by atoms with E-state index < -0.39 is 23.6 Å². The molecule has 6 nitrogen and oxygen atoms in total. The van der Waals surface area contributed by atoms with E-state index in [1.807, 2.05) is 34.6 Å². The Balaban J connectivity index is 4.68. The van der Waals surface area contributed by atoms with E-state index in [2.05, 4.69) is 5.18 Å². The van der Waals surface area contributed by atoms with E-state index in [1.165, 1.54) is 0 Å². The Labute approximate surface area is 132 Å². The Morgan fingerprint density at radius 2 is 1.68 bits per heavy atom. The van der Waals surface area contributed by atoms with Crippen LogP contribution in [0.5, 0.6) is 0 Å². The zero-order chi connectivity index (χ0) is 17.4. The predicted octanol–water partition coefficient (Wildman–Crippen LogP) is 3.61. The van der Waals surface area contributed by atoms with Crippen molar-refractivity contribution >= 4 is 11.9 Å². The Kier molecular flexibility index (Phi) is 8.27. The minimum atomic E-state index is -0.908. The van der Waals surface area contributed by atoms with E-state index in [1.54, 1.807) is 6.92 Å². The number of nitrogens with zero attached hydrogens (tertiary/aromatic N) is 1. The van der Waals surface area contributed by atoms with Crippen molar-refractivity contribution in [2.75, 3.05) is 6.61 Å². The highest BCUT2D eigenvalue weighted by Gasteiger charge is 2.40. The normalized spacial score (nSPS) is 15.5. The third-order valence-corrected chi connectivity index (χ3v) is 3.93. The highest BCUT2D eigenvalue weighted by atomic mass is 16.6. The summed E-state index contributed by atoms with van der Waals surface area (Å²) in [4.78, 5) is 34.0. The fourth-order valence-electron chi connectivity index (χ4n) is 1.96. The summed E-state index contributed by atoms with van der Waals surface area (Å²) in [5, 5.41) is 2.84. The summed E-state index contributed by atoms with van der Waals surface area (Å²) < 4.78 is 10.5. The minimum absolute atomic E-state index is 0.185. The molecular formula is C16H29NO5. The third kappa shape index (κ3) is 6.54. The van der Waals surface area contributed by atoms with Crippen LogP contribution in [0.3, 0.4) is 0 Å². The van der Waals surface area contributed by atoms with Crippen LogP contribution in [0.2, 0.25) is 0 Å². The number of carbonyl (C=O) groups excluding carboxylic acids is 2. The maximum Gasteiger partial charge on any atom is 0.308 e. The van der Waals surface area contributed by atoms with Gasteiger partial charge in [0, 0.05) is 11.8 Å². The number of hydrogen-bond donors (Lipinski definition) is 0. The largest absolute Gasteiger partial charge is 0.463 e. The van der Waals surface area contributed by atoms with E-state index in [0.29, 0.717) is 0 Å². The number of esters is 2. The van der Waals surface area contributed by atoms with Gasteiger partial charge >= 0.3 is 11.9 Å². The van der Waals surface area contributed by atoms with E-state index in [-0.39, 0.29) is 24.9 Å². The topological polar surface area (TPSA) is 82.0 Å². The first kappa shape index (κ1) is 20.5. The standard InChI is InChI=1S/C16H29NO5/c1-7-9-16(6,15(3,4)5)22-14(19)10-12(17-20)11-21-13(18)8-2/h12H,7-11H2,1-6H3. The summed E-state index contributed by atoms with van der Waals surface area (Å²) in [5.41, 5.74) is -0.843.